The minimum Gasteiger partial charge on any atom is -0.481 e. The number of hydrogen-bond acceptors (Lipinski definition) is 7. The van der Waals surface area contributed by atoms with E-state index in [1.165, 1.54) is 0 Å². The maximum Gasteiger partial charge on any atom is 0.407 e. The molecule has 0 spiro atoms. The molecule has 0 bridgehead atoms. The van der Waals surface area contributed by atoms with E-state index in [1.807, 2.05) is 31.2 Å². The van der Waals surface area contributed by atoms with Crippen LogP contribution >= 0.6 is 0 Å². The van der Waals surface area contributed by atoms with Gasteiger partial charge in [-0.2, -0.15) is 0 Å². The minimum absolute atomic E-state index is 0.0733. The number of aromatic nitrogens is 2. The maximum absolute atomic E-state index is 12.2. The third-order valence-electron chi connectivity index (χ3n) is 5.12. The lowest BCUT2D eigenvalue weighted by Gasteiger charge is -2.39. The first-order valence-electron chi connectivity index (χ1n) is 10.5. The van der Waals surface area contributed by atoms with Crippen LogP contribution in [-0.4, -0.2) is 52.9 Å². The highest BCUT2D eigenvalue weighted by Gasteiger charge is 2.40. The topological polar surface area (TPSA) is 126 Å². The second kappa shape index (κ2) is 9.52. The van der Waals surface area contributed by atoms with Crippen molar-refractivity contribution < 1.29 is 23.8 Å². The Hall–Kier alpha value is -3.20. The molecular formula is C23H30N4O5. The number of nitrogens with zero attached hydrogens (tertiary/aromatic N) is 2. The average Bonchev–Trinajstić information content (AvgIpc) is 2.71. The molecule has 3 rings (SSSR count). The first-order chi connectivity index (χ1) is 15.1. The molecule has 1 saturated heterocycles. The predicted octanol–water partition coefficient (Wildman–Crippen LogP) is 2.82. The van der Waals surface area contributed by atoms with Crippen LogP contribution in [0.5, 0.6) is 5.88 Å². The zero-order chi connectivity index (χ0) is 23.5. The zero-order valence-electron chi connectivity index (χ0n) is 19.0. The lowest BCUT2D eigenvalue weighted by molar-refractivity contribution is -0.141. The number of ether oxygens (including phenoxy) is 3. The number of carbonyl (C=O) groups is 2. The van der Waals surface area contributed by atoms with E-state index in [9.17, 15) is 9.59 Å². The molecule has 4 atom stereocenters. The second-order valence-corrected chi connectivity index (χ2v) is 8.86. The summed E-state index contributed by atoms with van der Waals surface area (Å²) in [5, 5.41) is 2.74. The third-order valence-corrected chi connectivity index (χ3v) is 5.12. The summed E-state index contributed by atoms with van der Waals surface area (Å²) in [6, 6.07) is 4.85. The van der Waals surface area contributed by atoms with E-state index in [2.05, 4.69) is 15.3 Å². The van der Waals surface area contributed by atoms with Crippen LogP contribution in [0.1, 0.15) is 39.7 Å². The number of alkyl carbamates (subject to hydrolysis) is 1. The van der Waals surface area contributed by atoms with Gasteiger partial charge >= 0.3 is 6.09 Å². The van der Waals surface area contributed by atoms with Crippen LogP contribution in [-0.2, 0) is 14.3 Å². The number of methoxy groups -OCH3 is 1. The van der Waals surface area contributed by atoms with Crippen molar-refractivity contribution >= 4 is 29.1 Å². The van der Waals surface area contributed by atoms with Gasteiger partial charge in [0.15, 0.2) is 6.10 Å². The van der Waals surface area contributed by atoms with Gasteiger partial charge < -0.3 is 25.3 Å². The Bertz CT molecular complexity index is 1020. The molecule has 3 N–H and O–H groups in total. The number of nitrogens with two attached hydrogens (primary N) is 1. The fraction of sp³-hybridized carbons (Fsp3) is 0.478. The van der Waals surface area contributed by atoms with E-state index in [0.717, 1.165) is 11.1 Å². The molecule has 9 heteroatoms. The second-order valence-electron chi connectivity index (χ2n) is 8.86. The van der Waals surface area contributed by atoms with Gasteiger partial charge in [-0.3, -0.25) is 9.78 Å². The van der Waals surface area contributed by atoms with Crippen molar-refractivity contribution in [3.05, 3.63) is 36.0 Å². The maximum atomic E-state index is 12.2. The van der Waals surface area contributed by atoms with E-state index in [-0.39, 0.29) is 12.0 Å². The Kier molecular flexibility index (Phi) is 6.98. The van der Waals surface area contributed by atoms with Crippen molar-refractivity contribution in [2.75, 3.05) is 7.11 Å². The van der Waals surface area contributed by atoms with Crippen LogP contribution in [0.2, 0.25) is 0 Å². The Morgan fingerprint density at radius 2 is 2.03 bits per heavy atom. The van der Waals surface area contributed by atoms with E-state index < -0.39 is 29.7 Å². The summed E-state index contributed by atoms with van der Waals surface area (Å²) in [4.78, 5) is 33.1. The molecule has 0 aromatic carbocycles. The molecule has 0 aliphatic carbocycles. The monoisotopic (exact) mass is 442 g/mol. The summed E-state index contributed by atoms with van der Waals surface area (Å²) in [6.45, 7) is 7.25. The van der Waals surface area contributed by atoms with Crippen molar-refractivity contribution in [3.63, 3.8) is 0 Å². The number of nitrogens with one attached hydrogen (secondary N) is 1. The molecule has 9 nitrogen and oxygen atoms in total. The zero-order valence-corrected chi connectivity index (χ0v) is 19.0. The molecule has 3 heterocycles. The molecule has 2 amide bonds. The molecule has 172 valence electrons. The van der Waals surface area contributed by atoms with Gasteiger partial charge in [0.1, 0.15) is 5.60 Å². The van der Waals surface area contributed by atoms with Gasteiger partial charge in [-0.15, -0.1) is 0 Å². The predicted molar refractivity (Wildman–Crippen MR) is 120 cm³/mol. The molecule has 1 aliphatic rings. The van der Waals surface area contributed by atoms with Crippen LogP contribution in [0.25, 0.3) is 17.1 Å². The molecule has 2 aromatic rings. The van der Waals surface area contributed by atoms with E-state index in [0.29, 0.717) is 17.8 Å². The molecule has 2 aromatic heterocycles. The lowest BCUT2D eigenvalue weighted by Crippen LogP contribution is -2.58. The highest BCUT2D eigenvalue weighted by molar-refractivity contribution is 5.84. The van der Waals surface area contributed by atoms with Crippen LogP contribution < -0.4 is 15.8 Å². The Morgan fingerprint density at radius 3 is 2.69 bits per heavy atom. The van der Waals surface area contributed by atoms with E-state index >= 15 is 0 Å². The van der Waals surface area contributed by atoms with Gasteiger partial charge in [0.05, 0.1) is 30.3 Å². The fourth-order valence-corrected chi connectivity index (χ4v) is 3.66. The smallest absolute Gasteiger partial charge is 0.407 e. The number of amides is 2. The minimum atomic E-state index is -0.978. The van der Waals surface area contributed by atoms with Gasteiger partial charge in [0.2, 0.25) is 11.8 Å². The van der Waals surface area contributed by atoms with E-state index in [1.54, 1.807) is 40.1 Å². The summed E-state index contributed by atoms with van der Waals surface area (Å²) in [7, 11) is 1.56. The average molecular weight is 443 g/mol. The third kappa shape index (κ3) is 5.73. The van der Waals surface area contributed by atoms with Crippen molar-refractivity contribution in [1.29, 1.82) is 0 Å². The van der Waals surface area contributed by atoms with Gasteiger partial charge in [-0.1, -0.05) is 19.1 Å². The Balaban J connectivity index is 1.77. The summed E-state index contributed by atoms with van der Waals surface area (Å²) < 4.78 is 16.5. The fourth-order valence-electron chi connectivity index (χ4n) is 3.66. The first-order valence-corrected chi connectivity index (χ1v) is 10.5. The van der Waals surface area contributed by atoms with Crippen molar-refractivity contribution in [2.45, 2.75) is 58.0 Å². The normalized spacial score (nSPS) is 23.8. The van der Waals surface area contributed by atoms with Crippen molar-refractivity contribution in [2.24, 2.45) is 11.7 Å². The number of hydrogen-bond donors (Lipinski definition) is 2. The van der Waals surface area contributed by atoms with Crippen molar-refractivity contribution in [1.82, 2.24) is 15.3 Å². The summed E-state index contributed by atoms with van der Waals surface area (Å²) in [5.74, 6) is -0.222. The first kappa shape index (κ1) is 23.5. The van der Waals surface area contributed by atoms with Gasteiger partial charge in [0.25, 0.3) is 0 Å². The summed E-state index contributed by atoms with van der Waals surface area (Å²) in [5.41, 5.74) is 7.21. The number of carbonyl (C=O) groups excluding carboxylic acids is 2. The number of rotatable bonds is 5. The lowest BCUT2D eigenvalue weighted by atomic mass is 9.87. The molecule has 0 radical (unpaired) electrons. The summed E-state index contributed by atoms with van der Waals surface area (Å²) >= 11 is 0. The highest BCUT2D eigenvalue weighted by atomic mass is 16.6. The standard InChI is InChI=1S/C23H30N4O5/c1-13-12-15(31-20(21(24)28)18(13)27-22(29)32-23(2,3)4)7-6-14-10-11-25-16-8-9-17(30-5)26-19(14)16/h6-11,13,15,18,20H,12H2,1-5H3,(H2,24,28)(H,27,29)/b7-6+/t13?,15-,18-,20-/m1/s1. The SMILES string of the molecule is COc1ccc2nccc(/C=C/[C@@H]3CC(C)[C@@H](NC(=O)OC(C)(C)C)[C@H](C(N)=O)O3)c2n1. The number of primary amides is 1. The number of fused-ring (bicyclic) bond motifs is 1. The molecule has 1 fully saturated rings. The molecule has 32 heavy (non-hydrogen) atoms. The van der Waals surface area contributed by atoms with Crippen LogP contribution in [0.3, 0.4) is 0 Å². The summed E-state index contributed by atoms with van der Waals surface area (Å²) in [6.07, 6.45) is 4.08. The van der Waals surface area contributed by atoms with Crippen LogP contribution in [0.15, 0.2) is 30.5 Å². The number of pyridine rings is 2. The van der Waals surface area contributed by atoms with Gasteiger partial charge in [-0.25, -0.2) is 9.78 Å². The van der Waals surface area contributed by atoms with Gasteiger partial charge in [0, 0.05) is 17.8 Å². The quantitative estimate of drug-likeness (QED) is 0.729. The molecule has 1 aliphatic heterocycles. The van der Waals surface area contributed by atoms with Gasteiger partial charge in [-0.05, 0) is 45.2 Å². The molecule has 1 unspecified atom stereocenters. The Labute approximate surface area is 187 Å². The molecular weight excluding hydrogens is 412 g/mol. The Morgan fingerprint density at radius 1 is 1.28 bits per heavy atom. The highest BCUT2D eigenvalue weighted by Crippen LogP contribution is 2.28. The molecule has 0 saturated carbocycles. The largest absolute Gasteiger partial charge is 0.481 e. The van der Waals surface area contributed by atoms with Crippen LogP contribution in [0, 0.1) is 5.92 Å². The van der Waals surface area contributed by atoms with E-state index in [4.69, 9.17) is 19.9 Å². The van der Waals surface area contributed by atoms with Crippen molar-refractivity contribution in [3.8, 4) is 5.88 Å². The van der Waals surface area contributed by atoms with Crippen LogP contribution in [0.4, 0.5) is 4.79 Å².